The van der Waals surface area contributed by atoms with Crippen LogP contribution in [0.1, 0.15) is 21.5 Å². The highest BCUT2D eigenvalue weighted by Crippen LogP contribution is 2.15. The maximum absolute atomic E-state index is 13.1. The third-order valence-electron chi connectivity index (χ3n) is 2.80. The summed E-state index contributed by atoms with van der Waals surface area (Å²) in [6.07, 6.45) is 0. The van der Waals surface area contributed by atoms with Crippen LogP contribution >= 0.6 is 0 Å². The summed E-state index contributed by atoms with van der Waals surface area (Å²) in [7, 11) is 0. The molecule has 4 heteroatoms. The van der Waals surface area contributed by atoms with Gasteiger partial charge in [-0.1, -0.05) is 24.0 Å². The zero-order valence-corrected chi connectivity index (χ0v) is 11.5. The van der Waals surface area contributed by atoms with E-state index in [4.69, 9.17) is 5.11 Å². The third-order valence-corrected chi connectivity index (χ3v) is 2.80. The number of hydrogen-bond acceptors (Lipinski definition) is 2. The van der Waals surface area contributed by atoms with Gasteiger partial charge in [-0.3, -0.25) is 4.79 Å². The second-order valence-corrected chi connectivity index (χ2v) is 4.47. The maximum Gasteiger partial charge on any atom is 0.256 e. The summed E-state index contributed by atoms with van der Waals surface area (Å²) < 4.78 is 13.1. The number of carbonyl (C=O) groups is 1. The van der Waals surface area contributed by atoms with Gasteiger partial charge in [0.25, 0.3) is 5.91 Å². The zero-order chi connectivity index (χ0) is 15.2. The van der Waals surface area contributed by atoms with Gasteiger partial charge in [0, 0.05) is 11.3 Å². The Balaban J connectivity index is 2.30. The molecule has 0 bridgehead atoms. The van der Waals surface area contributed by atoms with Crippen molar-refractivity contribution < 1.29 is 14.3 Å². The lowest BCUT2D eigenvalue weighted by Crippen LogP contribution is -2.13. The number of carbonyl (C=O) groups excluding carboxylic acids is 1. The standard InChI is InChI=1S/C17H14FNO2/c1-12-7-8-16(13(10-12)4-3-9-20)17(21)19-15-6-2-5-14(18)11-15/h2,5-8,10-11,20H,9H2,1H3,(H,19,21). The van der Waals surface area contributed by atoms with Crippen molar-refractivity contribution in [3.63, 3.8) is 0 Å². The minimum Gasteiger partial charge on any atom is -0.384 e. The third kappa shape index (κ3) is 3.91. The van der Waals surface area contributed by atoms with Crippen molar-refractivity contribution in [1.29, 1.82) is 0 Å². The Morgan fingerprint density at radius 2 is 2.10 bits per heavy atom. The molecule has 21 heavy (non-hydrogen) atoms. The van der Waals surface area contributed by atoms with Crippen LogP contribution in [0, 0.1) is 24.6 Å². The van der Waals surface area contributed by atoms with E-state index in [-0.39, 0.29) is 12.5 Å². The molecule has 2 aromatic rings. The normalized spacial score (nSPS) is 9.67. The molecule has 2 N–H and O–H groups in total. The van der Waals surface area contributed by atoms with Crippen LogP contribution in [0.3, 0.4) is 0 Å². The Kier molecular flexibility index (Phi) is 4.70. The fourth-order valence-corrected chi connectivity index (χ4v) is 1.86. The van der Waals surface area contributed by atoms with Gasteiger partial charge >= 0.3 is 0 Å². The summed E-state index contributed by atoms with van der Waals surface area (Å²) in [5, 5.41) is 11.4. The van der Waals surface area contributed by atoms with Crippen LogP contribution in [-0.2, 0) is 0 Å². The first-order valence-corrected chi connectivity index (χ1v) is 6.37. The number of hydrogen-bond donors (Lipinski definition) is 2. The van der Waals surface area contributed by atoms with Crippen LogP contribution in [0.4, 0.5) is 10.1 Å². The number of aryl methyl sites for hydroxylation is 1. The largest absolute Gasteiger partial charge is 0.384 e. The quantitative estimate of drug-likeness (QED) is 0.833. The number of nitrogens with one attached hydrogen (secondary N) is 1. The molecule has 0 fully saturated rings. The highest BCUT2D eigenvalue weighted by molar-refractivity contribution is 6.06. The molecular weight excluding hydrogens is 269 g/mol. The highest BCUT2D eigenvalue weighted by atomic mass is 19.1. The second kappa shape index (κ2) is 6.69. The van der Waals surface area contributed by atoms with Crippen LogP contribution in [0.2, 0.25) is 0 Å². The van der Waals surface area contributed by atoms with Crippen LogP contribution in [0.15, 0.2) is 42.5 Å². The number of benzene rings is 2. The molecule has 0 aliphatic carbocycles. The number of rotatable bonds is 2. The Morgan fingerprint density at radius 3 is 2.81 bits per heavy atom. The van der Waals surface area contributed by atoms with Crippen molar-refractivity contribution >= 4 is 11.6 Å². The van der Waals surface area contributed by atoms with Crippen LogP contribution in [-0.4, -0.2) is 17.6 Å². The first kappa shape index (κ1) is 14.8. The number of halogens is 1. The van der Waals surface area contributed by atoms with E-state index in [0.717, 1.165) is 5.56 Å². The van der Waals surface area contributed by atoms with Crippen molar-refractivity contribution in [2.24, 2.45) is 0 Å². The van der Waals surface area contributed by atoms with Crippen LogP contribution in [0.25, 0.3) is 0 Å². The first-order valence-electron chi connectivity index (χ1n) is 6.37. The van der Waals surface area contributed by atoms with E-state index < -0.39 is 5.82 Å². The molecule has 3 nitrogen and oxygen atoms in total. The van der Waals surface area contributed by atoms with Gasteiger partial charge in [0.2, 0.25) is 0 Å². The monoisotopic (exact) mass is 283 g/mol. The van der Waals surface area contributed by atoms with Crippen molar-refractivity contribution in [1.82, 2.24) is 0 Å². The van der Waals surface area contributed by atoms with Crippen LogP contribution < -0.4 is 5.32 Å². The topological polar surface area (TPSA) is 49.3 Å². The number of aliphatic hydroxyl groups is 1. The molecule has 0 aromatic heterocycles. The number of amides is 1. The Hall–Kier alpha value is -2.64. The fraction of sp³-hybridized carbons (Fsp3) is 0.118. The van der Waals surface area contributed by atoms with Gasteiger partial charge in [0.1, 0.15) is 12.4 Å². The molecule has 0 heterocycles. The van der Waals surface area contributed by atoms with E-state index in [2.05, 4.69) is 17.2 Å². The molecule has 2 aromatic carbocycles. The van der Waals surface area contributed by atoms with E-state index in [1.807, 2.05) is 6.92 Å². The first-order chi connectivity index (χ1) is 10.1. The number of anilines is 1. The lowest BCUT2D eigenvalue weighted by molar-refractivity contribution is 0.102. The molecular formula is C17H14FNO2. The van der Waals surface area contributed by atoms with E-state index in [1.165, 1.54) is 18.2 Å². The molecule has 0 aliphatic heterocycles. The predicted octanol–water partition coefficient (Wildman–Crippen LogP) is 2.73. The van der Waals surface area contributed by atoms with Gasteiger partial charge in [-0.25, -0.2) is 4.39 Å². The molecule has 0 spiro atoms. The molecule has 0 unspecified atom stereocenters. The van der Waals surface area contributed by atoms with E-state index >= 15 is 0 Å². The molecule has 0 saturated carbocycles. The predicted molar refractivity (Wildman–Crippen MR) is 79.5 cm³/mol. The summed E-state index contributed by atoms with van der Waals surface area (Å²) in [5.74, 6) is 4.48. The van der Waals surface area contributed by atoms with Gasteiger partial charge in [-0.2, -0.15) is 0 Å². The minimum absolute atomic E-state index is 0.279. The van der Waals surface area contributed by atoms with Crippen molar-refractivity contribution in [2.45, 2.75) is 6.92 Å². The maximum atomic E-state index is 13.1. The lowest BCUT2D eigenvalue weighted by atomic mass is 10.0. The molecule has 0 atom stereocenters. The Morgan fingerprint density at radius 1 is 1.29 bits per heavy atom. The lowest BCUT2D eigenvalue weighted by Gasteiger charge is -2.08. The second-order valence-electron chi connectivity index (χ2n) is 4.47. The fourth-order valence-electron chi connectivity index (χ4n) is 1.86. The summed E-state index contributed by atoms with van der Waals surface area (Å²) in [5.41, 5.74) is 2.24. The molecule has 0 radical (unpaired) electrons. The summed E-state index contributed by atoms with van der Waals surface area (Å²) in [4.78, 5) is 12.3. The zero-order valence-electron chi connectivity index (χ0n) is 11.5. The van der Waals surface area contributed by atoms with Gasteiger partial charge in [-0.05, 0) is 42.8 Å². The average Bonchev–Trinajstić information content (AvgIpc) is 2.45. The smallest absolute Gasteiger partial charge is 0.256 e. The van der Waals surface area contributed by atoms with Crippen LogP contribution in [0.5, 0.6) is 0 Å². The van der Waals surface area contributed by atoms with Gasteiger partial charge in [0.05, 0.1) is 5.56 Å². The van der Waals surface area contributed by atoms with E-state index in [0.29, 0.717) is 16.8 Å². The van der Waals surface area contributed by atoms with Crippen molar-refractivity contribution in [2.75, 3.05) is 11.9 Å². The van der Waals surface area contributed by atoms with Gasteiger partial charge in [-0.15, -0.1) is 0 Å². The minimum atomic E-state index is -0.419. The molecule has 1 amide bonds. The summed E-state index contributed by atoms with van der Waals surface area (Å²) >= 11 is 0. The van der Waals surface area contributed by atoms with E-state index in [9.17, 15) is 9.18 Å². The molecule has 0 aliphatic rings. The summed E-state index contributed by atoms with van der Waals surface area (Å²) in [6, 6.07) is 10.9. The van der Waals surface area contributed by atoms with Gasteiger partial charge in [0.15, 0.2) is 0 Å². The van der Waals surface area contributed by atoms with E-state index in [1.54, 1.807) is 24.3 Å². The Bertz CT molecular complexity index is 729. The molecule has 0 saturated heterocycles. The molecule has 2 rings (SSSR count). The Labute approximate surface area is 122 Å². The molecule has 106 valence electrons. The SMILES string of the molecule is Cc1ccc(C(=O)Nc2cccc(F)c2)c(C#CCO)c1. The average molecular weight is 283 g/mol. The van der Waals surface area contributed by atoms with Crippen molar-refractivity contribution in [3.8, 4) is 11.8 Å². The van der Waals surface area contributed by atoms with Crippen molar-refractivity contribution in [3.05, 3.63) is 65.0 Å². The highest BCUT2D eigenvalue weighted by Gasteiger charge is 2.11. The summed E-state index contributed by atoms with van der Waals surface area (Å²) in [6.45, 7) is 1.61. The van der Waals surface area contributed by atoms with Gasteiger partial charge < -0.3 is 10.4 Å². The number of aliphatic hydroxyl groups excluding tert-OH is 1.